The van der Waals surface area contributed by atoms with Crippen molar-refractivity contribution in [1.29, 1.82) is 0 Å². The van der Waals surface area contributed by atoms with Crippen LogP contribution in [0.1, 0.15) is 55.8 Å². The van der Waals surface area contributed by atoms with Crippen LogP contribution in [0.25, 0.3) is 10.2 Å². The largest absolute Gasteiger partial charge is 0.462 e. The number of nitrogens with one attached hydrogen (secondary N) is 1. The van der Waals surface area contributed by atoms with Crippen LogP contribution in [0.4, 0.5) is 5.82 Å². The zero-order valence-corrected chi connectivity index (χ0v) is 18.6. The van der Waals surface area contributed by atoms with Crippen molar-refractivity contribution < 1.29 is 14.3 Å². The molecule has 0 aliphatic carbocycles. The SMILES string of the molecule is CCOC(=O)c1sc2ncnc(N3CCC(C(=O)NC(C)C(C)C)CC3)c2c1C. The van der Waals surface area contributed by atoms with Gasteiger partial charge in [0.15, 0.2) is 0 Å². The molecule has 0 aromatic carbocycles. The fourth-order valence-electron chi connectivity index (χ4n) is 3.55. The number of piperidine rings is 1. The second-order valence-corrected chi connectivity index (χ2v) is 8.96. The van der Waals surface area contributed by atoms with Gasteiger partial charge in [-0.1, -0.05) is 13.8 Å². The van der Waals surface area contributed by atoms with Crippen molar-refractivity contribution in [3.63, 3.8) is 0 Å². The number of nitrogens with zero attached hydrogens (tertiary/aromatic N) is 3. The summed E-state index contributed by atoms with van der Waals surface area (Å²) < 4.78 is 5.18. The Morgan fingerprint density at radius 3 is 2.59 bits per heavy atom. The molecule has 1 amide bonds. The fourth-order valence-corrected chi connectivity index (χ4v) is 4.58. The second-order valence-electron chi connectivity index (χ2n) is 7.96. The summed E-state index contributed by atoms with van der Waals surface area (Å²) in [6.07, 6.45) is 3.12. The Morgan fingerprint density at radius 1 is 1.28 bits per heavy atom. The number of thiophene rings is 1. The number of carbonyl (C=O) groups is 2. The van der Waals surface area contributed by atoms with Crippen molar-refractivity contribution in [2.24, 2.45) is 11.8 Å². The van der Waals surface area contributed by atoms with Gasteiger partial charge in [0.2, 0.25) is 5.91 Å². The first-order valence-electron chi connectivity index (χ1n) is 10.3. The highest BCUT2D eigenvalue weighted by Gasteiger charge is 2.29. The minimum Gasteiger partial charge on any atom is -0.462 e. The molecule has 0 bridgehead atoms. The van der Waals surface area contributed by atoms with Crippen LogP contribution in [0, 0.1) is 18.8 Å². The van der Waals surface area contributed by atoms with Crippen LogP contribution < -0.4 is 10.2 Å². The maximum absolute atomic E-state index is 12.6. The van der Waals surface area contributed by atoms with Gasteiger partial charge in [-0.15, -0.1) is 11.3 Å². The van der Waals surface area contributed by atoms with E-state index in [-0.39, 0.29) is 23.8 Å². The van der Waals surface area contributed by atoms with E-state index in [1.165, 1.54) is 11.3 Å². The highest BCUT2D eigenvalue weighted by atomic mass is 32.1. The third kappa shape index (κ3) is 4.52. The number of fused-ring (bicyclic) bond motifs is 1. The first kappa shape index (κ1) is 21.5. The Kier molecular flexibility index (Phi) is 6.72. The topological polar surface area (TPSA) is 84.4 Å². The number of aromatic nitrogens is 2. The summed E-state index contributed by atoms with van der Waals surface area (Å²) in [5.74, 6) is 1.13. The van der Waals surface area contributed by atoms with Crippen LogP contribution in [0.5, 0.6) is 0 Å². The van der Waals surface area contributed by atoms with Crippen LogP contribution in [-0.4, -0.2) is 47.6 Å². The predicted octanol–water partition coefficient (Wildman–Crippen LogP) is 3.55. The van der Waals surface area contributed by atoms with Crippen molar-refractivity contribution in [2.45, 2.75) is 53.5 Å². The van der Waals surface area contributed by atoms with Gasteiger partial charge in [-0.3, -0.25) is 4.79 Å². The molecule has 8 heteroatoms. The third-order valence-electron chi connectivity index (χ3n) is 5.70. The molecule has 29 heavy (non-hydrogen) atoms. The van der Waals surface area contributed by atoms with E-state index in [2.05, 4.69) is 41.0 Å². The van der Waals surface area contributed by atoms with Gasteiger partial charge in [0.1, 0.15) is 21.9 Å². The van der Waals surface area contributed by atoms with E-state index < -0.39 is 0 Å². The standard InChI is InChI=1S/C21H30N4O3S/c1-6-28-21(27)17-13(4)16-18(22-11-23-20(16)29-17)25-9-7-15(8-10-25)19(26)24-14(5)12(2)3/h11-12,14-15H,6-10H2,1-5H3,(H,24,26). The molecule has 0 saturated carbocycles. The minimum absolute atomic E-state index is 0.0310. The summed E-state index contributed by atoms with van der Waals surface area (Å²) in [5, 5.41) is 4.05. The van der Waals surface area contributed by atoms with Crippen molar-refractivity contribution in [3.8, 4) is 0 Å². The van der Waals surface area contributed by atoms with Gasteiger partial charge >= 0.3 is 5.97 Å². The molecule has 2 aromatic rings. The Morgan fingerprint density at radius 2 is 1.97 bits per heavy atom. The predicted molar refractivity (Wildman–Crippen MR) is 115 cm³/mol. The number of carbonyl (C=O) groups excluding carboxylic acids is 2. The molecule has 2 aromatic heterocycles. The van der Waals surface area contributed by atoms with Crippen molar-refractivity contribution >= 4 is 39.2 Å². The molecule has 3 heterocycles. The van der Waals surface area contributed by atoms with Crippen LogP contribution in [0.2, 0.25) is 0 Å². The van der Waals surface area contributed by atoms with Crippen LogP contribution in [-0.2, 0) is 9.53 Å². The Bertz CT molecular complexity index is 887. The zero-order chi connectivity index (χ0) is 21.1. The van der Waals surface area contributed by atoms with E-state index in [4.69, 9.17) is 4.74 Å². The summed E-state index contributed by atoms with van der Waals surface area (Å²) in [4.78, 5) is 37.3. The Labute approximate surface area is 175 Å². The van der Waals surface area contributed by atoms with Crippen LogP contribution in [0.3, 0.4) is 0 Å². The van der Waals surface area contributed by atoms with Gasteiger partial charge in [-0.2, -0.15) is 0 Å². The number of rotatable bonds is 6. The van der Waals surface area contributed by atoms with E-state index in [0.717, 1.165) is 47.5 Å². The zero-order valence-electron chi connectivity index (χ0n) is 17.8. The number of ether oxygens (including phenoxy) is 1. The molecule has 1 N–H and O–H groups in total. The molecule has 1 unspecified atom stereocenters. The maximum atomic E-state index is 12.6. The summed E-state index contributed by atoms with van der Waals surface area (Å²) in [5.41, 5.74) is 0.865. The van der Waals surface area contributed by atoms with Crippen LogP contribution >= 0.6 is 11.3 Å². The molecule has 158 valence electrons. The molecule has 7 nitrogen and oxygen atoms in total. The molecule has 1 saturated heterocycles. The molecule has 1 aliphatic heterocycles. The molecule has 1 aliphatic rings. The molecule has 3 rings (SSSR count). The van der Waals surface area contributed by atoms with Gasteiger partial charge in [0.05, 0.1) is 12.0 Å². The van der Waals surface area contributed by atoms with Gasteiger partial charge in [-0.05, 0) is 45.1 Å². The lowest BCUT2D eigenvalue weighted by molar-refractivity contribution is -0.126. The monoisotopic (exact) mass is 418 g/mol. The smallest absolute Gasteiger partial charge is 0.348 e. The Balaban J connectivity index is 1.75. The minimum atomic E-state index is -0.311. The Hall–Kier alpha value is -2.22. The second kappa shape index (κ2) is 9.07. The summed E-state index contributed by atoms with van der Waals surface area (Å²) >= 11 is 1.35. The first-order chi connectivity index (χ1) is 13.8. The molecule has 1 fully saturated rings. The summed E-state index contributed by atoms with van der Waals surface area (Å²) in [7, 11) is 0. The number of hydrogen-bond donors (Lipinski definition) is 1. The van der Waals surface area contributed by atoms with E-state index in [0.29, 0.717) is 17.4 Å². The molecule has 0 radical (unpaired) electrons. The normalized spacial score (nSPS) is 16.3. The van der Waals surface area contributed by atoms with Crippen molar-refractivity contribution in [1.82, 2.24) is 15.3 Å². The third-order valence-corrected chi connectivity index (χ3v) is 6.88. The van der Waals surface area contributed by atoms with Crippen molar-refractivity contribution in [3.05, 3.63) is 16.8 Å². The van der Waals surface area contributed by atoms with Gasteiger partial charge in [0.25, 0.3) is 0 Å². The summed E-state index contributed by atoms with van der Waals surface area (Å²) in [6, 6.07) is 0.178. The molecule has 1 atom stereocenters. The van der Waals surface area contributed by atoms with E-state index >= 15 is 0 Å². The number of hydrogen-bond acceptors (Lipinski definition) is 7. The highest BCUT2D eigenvalue weighted by Crippen LogP contribution is 2.36. The van der Waals surface area contributed by atoms with Gasteiger partial charge in [0, 0.05) is 25.0 Å². The number of esters is 1. The summed E-state index contributed by atoms with van der Waals surface area (Å²) in [6.45, 7) is 11.9. The average Bonchev–Trinajstić information content (AvgIpc) is 3.05. The number of aryl methyl sites for hydroxylation is 1. The lowest BCUT2D eigenvalue weighted by atomic mass is 9.94. The lowest BCUT2D eigenvalue weighted by Crippen LogP contribution is -2.44. The number of amides is 1. The molecular weight excluding hydrogens is 388 g/mol. The highest BCUT2D eigenvalue weighted by molar-refractivity contribution is 7.20. The average molecular weight is 419 g/mol. The van der Waals surface area contributed by atoms with E-state index in [1.807, 2.05) is 6.92 Å². The van der Waals surface area contributed by atoms with Gasteiger partial charge < -0.3 is 15.0 Å². The maximum Gasteiger partial charge on any atom is 0.348 e. The van der Waals surface area contributed by atoms with Gasteiger partial charge in [-0.25, -0.2) is 14.8 Å². The number of anilines is 1. The fraction of sp³-hybridized carbons (Fsp3) is 0.619. The van der Waals surface area contributed by atoms with Crippen LogP contribution in [0.15, 0.2) is 6.33 Å². The lowest BCUT2D eigenvalue weighted by Gasteiger charge is -2.33. The first-order valence-corrected chi connectivity index (χ1v) is 11.1. The molecule has 0 spiro atoms. The van der Waals surface area contributed by atoms with E-state index in [1.54, 1.807) is 13.3 Å². The van der Waals surface area contributed by atoms with Crippen molar-refractivity contribution in [2.75, 3.05) is 24.6 Å². The quantitative estimate of drug-likeness (QED) is 0.722. The van der Waals surface area contributed by atoms with E-state index in [9.17, 15) is 9.59 Å². The molecular formula is C21H30N4O3S.